The Labute approximate surface area is 120 Å². The van der Waals surface area contributed by atoms with Crippen molar-refractivity contribution in [2.45, 2.75) is 20.4 Å². The zero-order chi connectivity index (χ0) is 15.4. The topological polar surface area (TPSA) is 104 Å². The number of carbonyl (C=O) groups excluding carboxylic acids is 1. The molecule has 1 aromatic heterocycles. The largest absolute Gasteiger partial charge is 0.478 e. The first kappa shape index (κ1) is 14.6. The molecule has 0 aliphatic rings. The zero-order valence-corrected chi connectivity index (χ0v) is 11.6. The summed E-state index contributed by atoms with van der Waals surface area (Å²) in [5.41, 5.74) is 1.61. The highest BCUT2D eigenvalue weighted by Crippen LogP contribution is 2.19. The van der Waals surface area contributed by atoms with Crippen molar-refractivity contribution < 1.29 is 19.2 Å². The first-order chi connectivity index (χ1) is 9.97. The summed E-state index contributed by atoms with van der Waals surface area (Å²) in [7, 11) is 0. The van der Waals surface area contributed by atoms with Crippen molar-refractivity contribution in [2.75, 3.05) is 5.32 Å². The minimum Gasteiger partial charge on any atom is -0.478 e. The molecular formula is C14H15N3O4. The Bertz CT molecular complexity index is 679. The lowest BCUT2D eigenvalue weighted by Gasteiger charge is -2.10. The summed E-state index contributed by atoms with van der Waals surface area (Å²) in [5.74, 6) is -0.570. The van der Waals surface area contributed by atoms with E-state index in [2.05, 4.69) is 15.8 Å². The highest BCUT2D eigenvalue weighted by atomic mass is 16.5. The first-order valence-corrected chi connectivity index (χ1v) is 6.27. The number of nitrogens with zero attached hydrogens (tertiary/aromatic N) is 1. The Balaban J connectivity index is 2.03. The monoisotopic (exact) mass is 289 g/mol. The van der Waals surface area contributed by atoms with Crippen LogP contribution in [0.2, 0.25) is 0 Å². The summed E-state index contributed by atoms with van der Waals surface area (Å²) in [5, 5.41) is 18.0. The summed E-state index contributed by atoms with van der Waals surface area (Å²) in [6.45, 7) is 3.61. The fourth-order valence-electron chi connectivity index (χ4n) is 1.89. The molecule has 0 radical (unpaired) electrons. The molecule has 2 amide bonds. The van der Waals surface area contributed by atoms with Crippen LogP contribution >= 0.6 is 0 Å². The van der Waals surface area contributed by atoms with Crippen LogP contribution in [0.25, 0.3) is 0 Å². The second-order valence-corrected chi connectivity index (χ2v) is 4.54. The Kier molecular flexibility index (Phi) is 4.22. The van der Waals surface area contributed by atoms with Crippen molar-refractivity contribution in [2.24, 2.45) is 0 Å². The number of rotatable bonds is 4. The molecule has 1 aromatic carbocycles. The summed E-state index contributed by atoms with van der Waals surface area (Å²) >= 11 is 0. The molecule has 0 saturated heterocycles. The van der Waals surface area contributed by atoms with Gasteiger partial charge in [0.15, 0.2) is 5.76 Å². The van der Waals surface area contributed by atoms with Gasteiger partial charge >= 0.3 is 12.0 Å². The highest BCUT2D eigenvalue weighted by Gasteiger charge is 2.14. The second kappa shape index (κ2) is 6.08. The van der Waals surface area contributed by atoms with E-state index in [0.717, 1.165) is 5.69 Å². The van der Waals surface area contributed by atoms with Crippen molar-refractivity contribution in [3.05, 3.63) is 46.8 Å². The van der Waals surface area contributed by atoms with Crippen molar-refractivity contribution in [1.82, 2.24) is 10.5 Å². The number of carbonyl (C=O) groups is 2. The number of amides is 2. The van der Waals surface area contributed by atoms with Gasteiger partial charge in [0.2, 0.25) is 0 Å². The van der Waals surface area contributed by atoms with Gasteiger partial charge in [0.1, 0.15) is 0 Å². The Morgan fingerprint density at radius 3 is 2.71 bits per heavy atom. The second-order valence-electron chi connectivity index (χ2n) is 4.54. The average molecular weight is 289 g/mol. The number of aromatic carboxylic acids is 1. The first-order valence-electron chi connectivity index (χ1n) is 6.27. The van der Waals surface area contributed by atoms with Gasteiger partial charge in [0.05, 0.1) is 23.5 Å². The predicted octanol–water partition coefficient (Wildman–Crippen LogP) is 2.31. The van der Waals surface area contributed by atoms with E-state index < -0.39 is 12.0 Å². The van der Waals surface area contributed by atoms with Gasteiger partial charge in [-0.15, -0.1) is 0 Å². The number of urea groups is 1. The molecule has 0 atom stereocenters. The lowest BCUT2D eigenvalue weighted by Crippen LogP contribution is -2.28. The van der Waals surface area contributed by atoms with Gasteiger partial charge in [-0.1, -0.05) is 17.3 Å². The van der Waals surface area contributed by atoms with E-state index in [1.807, 2.05) is 0 Å². The number of carboxylic acid groups (broad SMARTS) is 1. The Hall–Kier alpha value is -2.83. The lowest BCUT2D eigenvalue weighted by molar-refractivity contribution is 0.0697. The van der Waals surface area contributed by atoms with E-state index >= 15 is 0 Å². The standard InChI is InChI=1S/C14H15N3O4/c1-8-4-3-5-11(12(8)13(18)19)16-14(20)15-7-10-6-9(2)17-21-10/h3-6H,7H2,1-2H3,(H,18,19)(H2,15,16,20). The maximum absolute atomic E-state index is 11.8. The zero-order valence-electron chi connectivity index (χ0n) is 11.6. The molecule has 0 aliphatic heterocycles. The molecule has 2 aromatic rings. The van der Waals surface area contributed by atoms with Crippen molar-refractivity contribution in [3.8, 4) is 0 Å². The van der Waals surface area contributed by atoms with Gasteiger partial charge in [-0.25, -0.2) is 9.59 Å². The van der Waals surface area contributed by atoms with E-state index in [-0.39, 0.29) is 17.8 Å². The number of hydrogen-bond acceptors (Lipinski definition) is 4. The minimum absolute atomic E-state index is 0.0724. The Morgan fingerprint density at radius 2 is 2.10 bits per heavy atom. The van der Waals surface area contributed by atoms with E-state index in [4.69, 9.17) is 4.52 Å². The molecule has 7 nitrogen and oxygen atoms in total. The Morgan fingerprint density at radius 1 is 1.33 bits per heavy atom. The molecule has 0 aliphatic carbocycles. The van der Waals surface area contributed by atoms with Crippen LogP contribution in [-0.2, 0) is 6.54 Å². The van der Waals surface area contributed by atoms with E-state index in [1.54, 1.807) is 32.0 Å². The molecule has 0 bridgehead atoms. The number of anilines is 1. The summed E-state index contributed by atoms with van der Waals surface area (Å²) in [6.07, 6.45) is 0. The smallest absolute Gasteiger partial charge is 0.338 e. The summed E-state index contributed by atoms with van der Waals surface area (Å²) in [4.78, 5) is 23.0. The highest BCUT2D eigenvalue weighted by molar-refractivity contribution is 6.01. The normalized spacial score (nSPS) is 10.2. The van der Waals surface area contributed by atoms with Crippen molar-refractivity contribution >= 4 is 17.7 Å². The molecular weight excluding hydrogens is 274 g/mol. The van der Waals surface area contributed by atoms with Crippen molar-refractivity contribution in [3.63, 3.8) is 0 Å². The summed E-state index contributed by atoms with van der Waals surface area (Å²) < 4.78 is 4.96. The number of aromatic nitrogens is 1. The molecule has 1 heterocycles. The maximum atomic E-state index is 11.8. The molecule has 0 unspecified atom stereocenters. The minimum atomic E-state index is -1.09. The van der Waals surface area contributed by atoms with E-state index in [0.29, 0.717) is 11.3 Å². The molecule has 2 rings (SSSR count). The van der Waals surface area contributed by atoms with Gasteiger partial charge in [-0.05, 0) is 25.5 Å². The van der Waals surface area contributed by atoms with Gasteiger partial charge in [0.25, 0.3) is 0 Å². The molecule has 110 valence electrons. The van der Waals surface area contributed by atoms with E-state index in [9.17, 15) is 14.7 Å². The summed E-state index contributed by atoms with van der Waals surface area (Å²) in [6, 6.07) is 6.07. The third-order valence-corrected chi connectivity index (χ3v) is 2.83. The quantitative estimate of drug-likeness (QED) is 0.801. The van der Waals surface area contributed by atoms with Crippen LogP contribution in [-0.4, -0.2) is 22.3 Å². The maximum Gasteiger partial charge on any atom is 0.338 e. The number of carboxylic acids is 1. The predicted molar refractivity (Wildman–Crippen MR) is 75.2 cm³/mol. The molecule has 3 N–H and O–H groups in total. The van der Waals surface area contributed by atoms with Crippen LogP contribution in [0.15, 0.2) is 28.8 Å². The number of aryl methyl sites for hydroxylation is 2. The number of hydrogen-bond donors (Lipinski definition) is 3. The molecule has 0 saturated carbocycles. The van der Waals surface area contributed by atoms with Crippen LogP contribution in [0.4, 0.5) is 10.5 Å². The third kappa shape index (κ3) is 3.59. The van der Waals surface area contributed by atoms with Crippen LogP contribution < -0.4 is 10.6 Å². The van der Waals surface area contributed by atoms with Crippen LogP contribution in [0.1, 0.15) is 27.4 Å². The van der Waals surface area contributed by atoms with Gasteiger partial charge in [0, 0.05) is 6.07 Å². The van der Waals surface area contributed by atoms with Gasteiger partial charge in [-0.3, -0.25) is 0 Å². The molecule has 7 heteroatoms. The molecule has 0 fully saturated rings. The fourth-order valence-corrected chi connectivity index (χ4v) is 1.89. The van der Waals surface area contributed by atoms with Crippen LogP contribution in [0.5, 0.6) is 0 Å². The molecule has 21 heavy (non-hydrogen) atoms. The SMILES string of the molecule is Cc1cc(CNC(=O)Nc2cccc(C)c2C(=O)O)on1. The third-order valence-electron chi connectivity index (χ3n) is 2.83. The lowest BCUT2D eigenvalue weighted by atomic mass is 10.1. The van der Waals surface area contributed by atoms with Crippen molar-refractivity contribution in [1.29, 1.82) is 0 Å². The van der Waals surface area contributed by atoms with Crippen LogP contribution in [0, 0.1) is 13.8 Å². The van der Waals surface area contributed by atoms with Gasteiger partial charge < -0.3 is 20.3 Å². The van der Waals surface area contributed by atoms with Gasteiger partial charge in [-0.2, -0.15) is 0 Å². The number of nitrogens with one attached hydrogen (secondary N) is 2. The number of benzene rings is 1. The fraction of sp³-hybridized carbons (Fsp3) is 0.214. The molecule has 0 spiro atoms. The van der Waals surface area contributed by atoms with E-state index in [1.165, 1.54) is 6.07 Å². The van der Waals surface area contributed by atoms with Crippen LogP contribution in [0.3, 0.4) is 0 Å². The average Bonchev–Trinajstić information content (AvgIpc) is 2.82.